The van der Waals surface area contributed by atoms with E-state index in [9.17, 15) is 24.6 Å². The number of esters is 1. The first-order valence-electron chi connectivity index (χ1n) is 11.3. The Labute approximate surface area is 199 Å². The molecule has 0 saturated carbocycles. The van der Waals surface area contributed by atoms with Crippen LogP contribution in [0.1, 0.15) is 77.8 Å². The van der Waals surface area contributed by atoms with Crippen LogP contribution in [0.4, 0.5) is 0 Å². The minimum absolute atomic E-state index is 0.0246. The molecule has 2 aromatic rings. The van der Waals surface area contributed by atoms with E-state index in [1.807, 2.05) is 13.8 Å². The molecule has 0 aliphatic carbocycles. The number of carbonyl (C=O) groups excluding carboxylic acids is 2. The highest BCUT2D eigenvalue weighted by atomic mass is 16.5. The molecule has 8 nitrogen and oxygen atoms in total. The van der Waals surface area contributed by atoms with Gasteiger partial charge in [-0.2, -0.15) is 0 Å². The number of aryl methyl sites for hydroxylation is 1. The first kappa shape index (κ1) is 26.7. The monoisotopic (exact) mass is 472 g/mol. The van der Waals surface area contributed by atoms with Crippen molar-refractivity contribution >= 4 is 17.7 Å². The van der Waals surface area contributed by atoms with Crippen molar-refractivity contribution in [1.82, 2.24) is 0 Å². The second-order valence-electron chi connectivity index (χ2n) is 7.96. The first-order chi connectivity index (χ1) is 16.2. The number of phenolic OH excluding ortho intramolecular Hbond substituents is 1. The van der Waals surface area contributed by atoms with Crippen LogP contribution in [-0.2, 0) is 17.6 Å². The van der Waals surface area contributed by atoms with Crippen LogP contribution in [0, 0.1) is 0 Å². The van der Waals surface area contributed by atoms with Crippen molar-refractivity contribution in [1.29, 1.82) is 0 Å². The molecule has 0 unspecified atom stereocenters. The number of aromatic carboxylic acids is 1. The number of methoxy groups -OCH3 is 2. The molecule has 0 amide bonds. The highest BCUT2D eigenvalue weighted by Gasteiger charge is 2.24. The fraction of sp³-hybridized carbons (Fsp3) is 0.423. The fourth-order valence-corrected chi connectivity index (χ4v) is 3.76. The van der Waals surface area contributed by atoms with Gasteiger partial charge in [0.05, 0.1) is 14.2 Å². The Morgan fingerprint density at radius 3 is 2.15 bits per heavy atom. The molecule has 0 aromatic heterocycles. The van der Waals surface area contributed by atoms with Crippen LogP contribution < -0.4 is 14.2 Å². The molecule has 0 radical (unpaired) electrons. The Balaban J connectivity index is 2.47. The Morgan fingerprint density at radius 1 is 0.853 bits per heavy atom. The molecule has 0 atom stereocenters. The van der Waals surface area contributed by atoms with E-state index < -0.39 is 11.9 Å². The van der Waals surface area contributed by atoms with Crippen LogP contribution in [0.2, 0.25) is 0 Å². The quantitative estimate of drug-likeness (QED) is 0.238. The van der Waals surface area contributed by atoms with Crippen molar-refractivity contribution in [2.24, 2.45) is 0 Å². The fourth-order valence-electron chi connectivity index (χ4n) is 3.76. The number of rotatable bonds is 13. The number of carboxylic acids is 1. The van der Waals surface area contributed by atoms with Crippen LogP contribution in [0.5, 0.6) is 23.0 Å². The molecule has 0 fully saturated rings. The van der Waals surface area contributed by atoms with Gasteiger partial charge in [0.1, 0.15) is 39.9 Å². The molecular formula is C26H32O8. The number of carbonyl (C=O) groups is 3. The lowest BCUT2D eigenvalue weighted by molar-refractivity contribution is -0.118. The van der Waals surface area contributed by atoms with Crippen LogP contribution in [0.25, 0.3) is 0 Å². The van der Waals surface area contributed by atoms with E-state index in [0.717, 1.165) is 19.3 Å². The molecule has 0 aliphatic heterocycles. The number of aromatic hydroxyl groups is 1. The summed E-state index contributed by atoms with van der Waals surface area (Å²) in [6, 6.07) is 5.62. The molecule has 8 heteroatoms. The number of phenols is 1. The zero-order valence-corrected chi connectivity index (χ0v) is 20.1. The Hall–Kier alpha value is -3.55. The van der Waals surface area contributed by atoms with E-state index in [0.29, 0.717) is 30.6 Å². The van der Waals surface area contributed by atoms with Crippen molar-refractivity contribution in [3.8, 4) is 23.0 Å². The smallest absolute Gasteiger partial charge is 0.347 e. The zero-order chi connectivity index (χ0) is 25.3. The van der Waals surface area contributed by atoms with Crippen molar-refractivity contribution in [2.75, 3.05) is 14.2 Å². The number of hydrogen-bond acceptors (Lipinski definition) is 7. The maximum Gasteiger partial charge on any atom is 0.347 e. The first-order valence-corrected chi connectivity index (χ1v) is 11.3. The lowest BCUT2D eigenvalue weighted by Crippen LogP contribution is -2.15. The third-order valence-corrected chi connectivity index (χ3v) is 5.38. The number of ether oxygens (including phenoxy) is 3. The molecular weight excluding hydrogens is 440 g/mol. The molecule has 2 N–H and O–H groups in total. The zero-order valence-electron chi connectivity index (χ0n) is 20.1. The van der Waals surface area contributed by atoms with Crippen molar-refractivity contribution in [3.63, 3.8) is 0 Å². The predicted molar refractivity (Wildman–Crippen MR) is 126 cm³/mol. The minimum atomic E-state index is -1.13. The van der Waals surface area contributed by atoms with Gasteiger partial charge in [0, 0.05) is 25.0 Å². The summed E-state index contributed by atoms with van der Waals surface area (Å²) in [7, 11) is 2.76. The molecule has 0 aliphatic rings. The molecule has 0 spiro atoms. The van der Waals surface area contributed by atoms with Gasteiger partial charge in [0.15, 0.2) is 0 Å². The maximum absolute atomic E-state index is 13.1. The molecule has 2 rings (SSSR count). The Kier molecular flexibility index (Phi) is 9.92. The molecule has 34 heavy (non-hydrogen) atoms. The van der Waals surface area contributed by atoms with E-state index in [2.05, 4.69) is 0 Å². The largest absolute Gasteiger partial charge is 0.507 e. The Bertz CT molecular complexity index is 1040. The highest BCUT2D eigenvalue weighted by Crippen LogP contribution is 2.33. The second-order valence-corrected chi connectivity index (χ2v) is 7.96. The number of ketones is 1. The van der Waals surface area contributed by atoms with Crippen LogP contribution >= 0.6 is 0 Å². The Morgan fingerprint density at radius 2 is 1.56 bits per heavy atom. The molecule has 0 heterocycles. The molecule has 0 bridgehead atoms. The summed E-state index contributed by atoms with van der Waals surface area (Å²) in [6.45, 7) is 3.92. The summed E-state index contributed by atoms with van der Waals surface area (Å²) in [5.41, 5.74) is 0.661. The van der Waals surface area contributed by atoms with Gasteiger partial charge in [-0.15, -0.1) is 0 Å². The summed E-state index contributed by atoms with van der Waals surface area (Å²) in [4.78, 5) is 37.2. The molecule has 2 aromatic carbocycles. The minimum Gasteiger partial charge on any atom is -0.507 e. The average Bonchev–Trinajstić information content (AvgIpc) is 2.78. The van der Waals surface area contributed by atoms with Crippen molar-refractivity contribution in [2.45, 2.75) is 58.8 Å². The van der Waals surface area contributed by atoms with Gasteiger partial charge in [-0.3, -0.25) is 4.79 Å². The summed E-state index contributed by atoms with van der Waals surface area (Å²) in [5.74, 6) is -2.01. The van der Waals surface area contributed by atoms with Gasteiger partial charge in [-0.1, -0.05) is 26.7 Å². The predicted octanol–water partition coefficient (Wildman–Crippen LogP) is 4.97. The van der Waals surface area contributed by atoms with E-state index in [1.165, 1.54) is 38.5 Å². The third-order valence-electron chi connectivity index (χ3n) is 5.38. The van der Waals surface area contributed by atoms with Gasteiger partial charge in [-0.25, -0.2) is 9.59 Å². The standard InChI is InChI=1S/C26H32O8/c1-5-7-8-10-16-12-20(15-22(33-4)24(16)25(29)30)34-26(31)23-17(11-18(27)9-6-2)13-19(32-3)14-21(23)28/h12-15,28H,5-11H2,1-4H3,(H,29,30). The summed E-state index contributed by atoms with van der Waals surface area (Å²) in [6.07, 6.45) is 4.05. The maximum atomic E-state index is 13.1. The van der Waals surface area contributed by atoms with Gasteiger partial charge in [0.2, 0.25) is 0 Å². The van der Waals surface area contributed by atoms with Gasteiger partial charge < -0.3 is 24.4 Å². The van der Waals surface area contributed by atoms with Crippen LogP contribution in [0.3, 0.4) is 0 Å². The van der Waals surface area contributed by atoms with Crippen molar-refractivity contribution < 1.29 is 38.8 Å². The SMILES string of the molecule is CCCCCc1cc(OC(=O)c2c(O)cc(OC)cc2CC(=O)CCC)cc(OC)c1C(=O)O. The summed E-state index contributed by atoms with van der Waals surface area (Å²) in [5, 5.41) is 20.2. The average molecular weight is 473 g/mol. The number of carboxylic acid groups (broad SMARTS) is 1. The topological polar surface area (TPSA) is 119 Å². The third kappa shape index (κ3) is 6.73. The van der Waals surface area contributed by atoms with E-state index in [4.69, 9.17) is 14.2 Å². The van der Waals surface area contributed by atoms with Crippen LogP contribution in [-0.4, -0.2) is 42.2 Å². The highest BCUT2D eigenvalue weighted by molar-refractivity contribution is 5.98. The number of Topliss-reactive ketones (excluding diaryl/α,β-unsaturated/α-hetero) is 1. The van der Waals surface area contributed by atoms with E-state index in [-0.39, 0.29) is 46.1 Å². The molecule has 0 saturated heterocycles. The van der Waals surface area contributed by atoms with E-state index in [1.54, 1.807) is 0 Å². The summed E-state index contributed by atoms with van der Waals surface area (Å²) < 4.78 is 16.0. The number of unbranched alkanes of at least 4 members (excludes halogenated alkanes) is 2. The summed E-state index contributed by atoms with van der Waals surface area (Å²) >= 11 is 0. The lowest BCUT2D eigenvalue weighted by Gasteiger charge is -2.16. The lowest BCUT2D eigenvalue weighted by atomic mass is 9.98. The van der Waals surface area contributed by atoms with Crippen molar-refractivity contribution in [3.05, 3.63) is 46.5 Å². The van der Waals surface area contributed by atoms with E-state index >= 15 is 0 Å². The van der Waals surface area contributed by atoms with Gasteiger partial charge >= 0.3 is 11.9 Å². The van der Waals surface area contributed by atoms with Gasteiger partial charge in [0.25, 0.3) is 0 Å². The number of benzene rings is 2. The van der Waals surface area contributed by atoms with Gasteiger partial charge in [-0.05, 0) is 42.5 Å². The van der Waals surface area contributed by atoms with Crippen LogP contribution in [0.15, 0.2) is 24.3 Å². The normalized spacial score (nSPS) is 10.6. The molecule has 184 valence electrons. The number of hydrogen-bond donors (Lipinski definition) is 2. The second kappa shape index (κ2) is 12.6.